The largest absolute Gasteiger partial charge is 0.481 e. The van der Waals surface area contributed by atoms with Gasteiger partial charge in [-0.2, -0.15) is 4.31 Å². The first-order valence-corrected chi connectivity index (χ1v) is 9.26. The van der Waals surface area contributed by atoms with Crippen molar-refractivity contribution in [2.75, 3.05) is 13.1 Å². The van der Waals surface area contributed by atoms with Crippen molar-refractivity contribution in [1.29, 1.82) is 0 Å². The molecule has 1 fully saturated rings. The third-order valence-electron chi connectivity index (χ3n) is 4.14. The Hall–Kier alpha value is -1.93. The van der Waals surface area contributed by atoms with E-state index in [1.165, 1.54) is 23.4 Å². The van der Waals surface area contributed by atoms with Gasteiger partial charge in [0.25, 0.3) is 0 Å². The molecular formula is C16H22N2O5S. The van der Waals surface area contributed by atoms with Gasteiger partial charge in [-0.1, -0.05) is 24.6 Å². The third kappa shape index (κ3) is 3.93. The molecule has 2 rings (SSSR count). The van der Waals surface area contributed by atoms with E-state index < -0.39 is 33.9 Å². The molecule has 0 radical (unpaired) electrons. The Labute approximate surface area is 141 Å². The Kier molecular flexibility index (Phi) is 5.61. The third-order valence-corrected chi connectivity index (χ3v) is 6.06. The van der Waals surface area contributed by atoms with Gasteiger partial charge in [0.05, 0.1) is 10.8 Å². The van der Waals surface area contributed by atoms with E-state index in [1.807, 2.05) is 6.92 Å². The molecule has 132 valence electrons. The van der Waals surface area contributed by atoms with Crippen LogP contribution in [-0.2, 0) is 19.6 Å². The second-order valence-electron chi connectivity index (χ2n) is 6.07. The van der Waals surface area contributed by atoms with Crippen LogP contribution in [0.2, 0.25) is 0 Å². The van der Waals surface area contributed by atoms with Crippen LogP contribution in [0, 0.1) is 12.8 Å². The van der Waals surface area contributed by atoms with Crippen molar-refractivity contribution in [3.8, 4) is 0 Å². The molecule has 0 bridgehead atoms. The fourth-order valence-corrected chi connectivity index (χ4v) is 4.25. The molecule has 0 unspecified atom stereocenters. The van der Waals surface area contributed by atoms with E-state index in [2.05, 4.69) is 5.32 Å². The van der Waals surface area contributed by atoms with Crippen LogP contribution in [0.1, 0.15) is 25.3 Å². The monoisotopic (exact) mass is 354 g/mol. The van der Waals surface area contributed by atoms with Crippen LogP contribution >= 0.6 is 0 Å². The fraction of sp³-hybridized carbons (Fsp3) is 0.500. The number of hydrogen-bond donors (Lipinski definition) is 2. The Bertz CT molecular complexity index is 714. The summed E-state index contributed by atoms with van der Waals surface area (Å²) in [6.45, 7) is 3.61. The minimum Gasteiger partial charge on any atom is -0.481 e. The summed E-state index contributed by atoms with van der Waals surface area (Å²) in [5.41, 5.74) is 0.951. The van der Waals surface area contributed by atoms with E-state index in [4.69, 9.17) is 5.11 Å². The zero-order chi connectivity index (χ0) is 17.9. The molecule has 2 N–H and O–H groups in total. The van der Waals surface area contributed by atoms with Crippen LogP contribution in [0.5, 0.6) is 0 Å². The van der Waals surface area contributed by atoms with E-state index in [0.717, 1.165) is 5.56 Å². The smallest absolute Gasteiger partial charge is 0.308 e. The van der Waals surface area contributed by atoms with Crippen molar-refractivity contribution in [3.63, 3.8) is 0 Å². The number of rotatable bonds is 6. The molecule has 1 aliphatic heterocycles. The van der Waals surface area contributed by atoms with Crippen molar-refractivity contribution >= 4 is 21.9 Å². The Morgan fingerprint density at radius 1 is 1.33 bits per heavy atom. The van der Waals surface area contributed by atoms with E-state index in [-0.39, 0.29) is 18.0 Å². The molecule has 1 saturated heterocycles. The topological polar surface area (TPSA) is 104 Å². The summed E-state index contributed by atoms with van der Waals surface area (Å²) in [5.74, 6) is -2.18. The van der Waals surface area contributed by atoms with Crippen molar-refractivity contribution in [3.05, 3.63) is 29.8 Å². The predicted molar refractivity (Wildman–Crippen MR) is 87.9 cm³/mol. The summed E-state index contributed by atoms with van der Waals surface area (Å²) in [7, 11) is -3.75. The van der Waals surface area contributed by atoms with Crippen LogP contribution in [0.3, 0.4) is 0 Å². The number of carboxylic acid groups (broad SMARTS) is 1. The van der Waals surface area contributed by atoms with Crippen LogP contribution in [0.15, 0.2) is 29.2 Å². The normalized spacial score (nSPS) is 19.8. The number of carboxylic acids is 1. The van der Waals surface area contributed by atoms with Crippen molar-refractivity contribution in [2.45, 2.75) is 37.6 Å². The van der Waals surface area contributed by atoms with Gasteiger partial charge >= 0.3 is 5.97 Å². The minimum atomic E-state index is -3.75. The zero-order valence-corrected chi connectivity index (χ0v) is 14.5. The number of hydrogen-bond acceptors (Lipinski definition) is 4. The maximum absolute atomic E-state index is 12.8. The van der Waals surface area contributed by atoms with E-state index >= 15 is 0 Å². The predicted octanol–water partition coefficient (Wildman–Crippen LogP) is 0.985. The second kappa shape index (κ2) is 7.31. The van der Waals surface area contributed by atoms with Crippen LogP contribution in [-0.4, -0.2) is 48.8 Å². The lowest BCUT2D eigenvalue weighted by Gasteiger charge is -2.23. The van der Waals surface area contributed by atoms with E-state index in [9.17, 15) is 18.0 Å². The molecule has 2 atom stereocenters. The Morgan fingerprint density at radius 2 is 1.96 bits per heavy atom. The summed E-state index contributed by atoms with van der Waals surface area (Å²) in [4.78, 5) is 23.3. The van der Waals surface area contributed by atoms with Crippen LogP contribution in [0.25, 0.3) is 0 Å². The Balaban J connectivity index is 2.13. The first kappa shape index (κ1) is 18.4. The molecule has 1 amide bonds. The zero-order valence-electron chi connectivity index (χ0n) is 13.7. The number of nitrogens with zero attached hydrogens (tertiary/aromatic N) is 1. The number of aryl methyl sites for hydroxylation is 1. The lowest BCUT2D eigenvalue weighted by molar-refractivity contribution is -0.141. The fourth-order valence-electron chi connectivity index (χ4n) is 2.59. The van der Waals surface area contributed by atoms with E-state index in [0.29, 0.717) is 12.8 Å². The maximum Gasteiger partial charge on any atom is 0.308 e. The van der Waals surface area contributed by atoms with Crippen LogP contribution in [0.4, 0.5) is 0 Å². The molecule has 0 spiro atoms. The highest BCUT2D eigenvalue weighted by Crippen LogP contribution is 2.26. The molecule has 24 heavy (non-hydrogen) atoms. The molecule has 0 aromatic heterocycles. The average molecular weight is 354 g/mol. The van der Waals surface area contributed by atoms with Gasteiger partial charge in [0, 0.05) is 13.1 Å². The molecule has 7 nitrogen and oxygen atoms in total. The molecule has 1 aliphatic rings. The Morgan fingerprint density at radius 3 is 2.54 bits per heavy atom. The highest BCUT2D eigenvalue weighted by molar-refractivity contribution is 7.89. The van der Waals surface area contributed by atoms with Crippen molar-refractivity contribution in [2.24, 2.45) is 5.92 Å². The van der Waals surface area contributed by atoms with Gasteiger partial charge in [0.15, 0.2) is 0 Å². The summed E-state index contributed by atoms with van der Waals surface area (Å²) < 4.78 is 26.7. The summed E-state index contributed by atoms with van der Waals surface area (Å²) >= 11 is 0. The number of aliphatic carboxylic acids is 1. The van der Waals surface area contributed by atoms with Gasteiger partial charge < -0.3 is 10.4 Å². The minimum absolute atomic E-state index is 0.0247. The number of carbonyl (C=O) groups excluding carboxylic acids is 1. The lowest BCUT2D eigenvalue weighted by Crippen LogP contribution is -2.47. The highest BCUT2D eigenvalue weighted by atomic mass is 32.2. The van der Waals surface area contributed by atoms with Crippen molar-refractivity contribution < 1.29 is 23.1 Å². The number of sulfonamides is 1. The van der Waals surface area contributed by atoms with Crippen LogP contribution < -0.4 is 5.32 Å². The number of nitrogens with one attached hydrogen (secondary N) is 1. The summed E-state index contributed by atoms with van der Waals surface area (Å²) in [6, 6.07) is 5.70. The van der Waals surface area contributed by atoms with Gasteiger partial charge in [-0.15, -0.1) is 0 Å². The maximum atomic E-state index is 12.8. The standard InChI is InChI=1S/C16H22N2O5S/c1-11-5-7-13(8-6-11)24(22,23)18-9-3-4-14(18)15(19)17-10-12(2)16(20)21/h5-8,12,14H,3-4,9-10H2,1-2H3,(H,17,19)(H,20,21)/t12-,14+/m1/s1. The SMILES string of the molecule is Cc1ccc(S(=O)(=O)N2CCC[C@H]2C(=O)NC[C@@H](C)C(=O)O)cc1. The number of amides is 1. The number of benzene rings is 1. The quantitative estimate of drug-likeness (QED) is 0.793. The van der Waals surface area contributed by atoms with Gasteiger partial charge in [0.1, 0.15) is 6.04 Å². The van der Waals surface area contributed by atoms with E-state index in [1.54, 1.807) is 12.1 Å². The molecular weight excluding hydrogens is 332 g/mol. The molecule has 8 heteroatoms. The molecule has 1 aromatic rings. The van der Waals surface area contributed by atoms with Crippen molar-refractivity contribution in [1.82, 2.24) is 9.62 Å². The van der Waals surface area contributed by atoms with Gasteiger partial charge in [-0.25, -0.2) is 8.42 Å². The number of carbonyl (C=O) groups is 2. The first-order valence-electron chi connectivity index (χ1n) is 7.82. The highest BCUT2D eigenvalue weighted by Gasteiger charge is 2.39. The molecule has 1 heterocycles. The van der Waals surface area contributed by atoms with Gasteiger partial charge in [0.2, 0.25) is 15.9 Å². The molecule has 0 saturated carbocycles. The first-order chi connectivity index (χ1) is 11.2. The molecule has 1 aromatic carbocycles. The average Bonchev–Trinajstić information content (AvgIpc) is 3.03. The molecule has 0 aliphatic carbocycles. The lowest BCUT2D eigenvalue weighted by atomic mass is 10.1. The second-order valence-corrected chi connectivity index (χ2v) is 7.96. The van der Waals surface area contributed by atoms with Gasteiger partial charge in [-0.3, -0.25) is 9.59 Å². The van der Waals surface area contributed by atoms with Gasteiger partial charge in [-0.05, 0) is 31.9 Å². The summed E-state index contributed by atoms with van der Waals surface area (Å²) in [6.07, 6.45) is 1.02. The summed E-state index contributed by atoms with van der Waals surface area (Å²) in [5, 5.41) is 11.4.